The van der Waals surface area contributed by atoms with Crippen LogP contribution in [0.15, 0.2) is 42.7 Å². The molecule has 8 nitrogen and oxygen atoms in total. The van der Waals surface area contributed by atoms with E-state index in [2.05, 4.69) is 32.4 Å². The predicted molar refractivity (Wildman–Crippen MR) is 163 cm³/mol. The summed E-state index contributed by atoms with van der Waals surface area (Å²) in [6.45, 7) is 9.22. The van der Waals surface area contributed by atoms with Crippen LogP contribution in [0, 0.1) is 23.4 Å². The number of pyridine rings is 2. The minimum atomic E-state index is -1.92. The van der Waals surface area contributed by atoms with Gasteiger partial charge in [0.1, 0.15) is 34.4 Å². The molecular weight excluding hydrogens is 590 g/mol. The first-order chi connectivity index (χ1) is 21.3. The van der Waals surface area contributed by atoms with Crippen molar-refractivity contribution >= 4 is 17.5 Å². The van der Waals surface area contributed by atoms with Gasteiger partial charge in [-0.15, -0.1) is 0 Å². The Morgan fingerprint density at radius 2 is 1.80 bits per heavy atom. The van der Waals surface area contributed by atoms with Gasteiger partial charge in [-0.2, -0.15) is 0 Å². The number of piperidine rings is 1. The number of rotatable bonds is 7. The molecule has 0 unspecified atom stereocenters. The number of carbonyl (C=O) groups is 1. The SMILES string of the molecule is C[C@@H]1C[C@H](NC(=O)OC(C)(C)C)CN(c2ccncc2NCc2ccc(F)c(-c3c(F)cc(C4(F)CCOCC4)cc3F)n2)C1. The van der Waals surface area contributed by atoms with Crippen molar-refractivity contribution in [2.45, 2.75) is 70.8 Å². The van der Waals surface area contributed by atoms with Gasteiger partial charge < -0.3 is 25.0 Å². The zero-order chi connectivity index (χ0) is 32.4. The number of halogens is 4. The van der Waals surface area contributed by atoms with Gasteiger partial charge in [-0.3, -0.25) is 4.98 Å². The van der Waals surface area contributed by atoms with Crippen LogP contribution in [0.4, 0.5) is 33.7 Å². The molecule has 3 aromatic rings. The second kappa shape index (κ2) is 13.2. The van der Waals surface area contributed by atoms with Crippen molar-refractivity contribution < 1.29 is 31.8 Å². The number of hydrogen-bond acceptors (Lipinski definition) is 7. The molecule has 5 rings (SSSR count). The van der Waals surface area contributed by atoms with Crippen molar-refractivity contribution in [2.24, 2.45) is 5.92 Å². The van der Waals surface area contributed by atoms with E-state index in [1.54, 1.807) is 12.4 Å². The van der Waals surface area contributed by atoms with Gasteiger partial charge in [0.15, 0.2) is 0 Å². The van der Waals surface area contributed by atoms with E-state index in [-0.39, 0.29) is 50.1 Å². The van der Waals surface area contributed by atoms with Crippen LogP contribution in [0.25, 0.3) is 11.3 Å². The molecule has 2 aromatic heterocycles. The molecule has 2 aliphatic rings. The smallest absolute Gasteiger partial charge is 0.407 e. The number of anilines is 2. The summed E-state index contributed by atoms with van der Waals surface area (Å²) in [7, 11) is 0. The van der Waals surface area contributed by atoms with Crippen molar-refractivity contribution in [1.29, 1.82) is 0 Å². The largest absolute Gasteiger partial charge is 0.444 e. The molecule has 4 heterocycles. The fraction of sp³-hybridized carbons (Fsp3) is 0.485. The summed E-state index contributed by atoms with van der Waals surface area (Å²) in [6.07, 6.45) is 3.60. The standard InChI is InChI=1S/C33H39F4N5O3/c1-20-13-23(41-31(43)45-32(2,3)4)19-42(18-20)28-7-10-38-17-27(28)39-16-22-5-6-24(34)30(40-22)29-25(35)14-21(15-26(29)36)33(37)8-11-44-12-9-33/h5-7,10,14-15,17,20,23,39H,8-9,11-13,16,18-19H2,1-4H3,(H,41,43)/t20-,23+/m1/s1. The maximum Gasteiger partial charge on any atom is 0.407 e. The number of alkyl halides is 1. The Morgan fingerprint density at radius 3 is 2.49 bits per heavy atom. The monoisotopic (exact) mass is 629 g/mol. The molecule has 45 heavy (non-hydrogen) atoms. The first-order valence-electron chi connectivity index (χ1n) is 15.2. The topological polar surface area (TPSA) is 88.6 Å². The first-order valence-corrected chi connectivity index (χ1v) is 15.2. The number of amides is 1. The van der Waals surface area contributed by atoms with Gasteiger partial charge >= 0.3 is 6.09 Å². The molecule has 12 heteroatoms. The van der Waals surface area contributed by atoms with Crippen molar-refractivity contribution in [1.82, 2.24) is 15.3 Å². The lowest BCUT2D eigenvalue weighted by Crippen LogP contribution is -2.51. The van der Waals surface area contributed by atoms with Crippen molar-refractivity contribution in [3.05, 3.63) is 71.4 Å². The molecule has 0 spiro atoms. The number of aromatic nitrogens is 2. The Hall–Kier alpha value is -3.93. The fourth-order valence-electron chi connectivity index (χ4n) is 5.91. The number of nitrogens with zero attached hydrogens (tertiary/aromatic N) is 3. The normalized spacial score (nSPS) is 20.0. The number of hydrogen-bond donors (Lipinski definition) is 2. The van der Waals surface area contributed by atoms with Crippen LogP contribution < -0.4 is 15.5 Å². The van der Waals surface area contributed by atoms with Crippen LogP contribution in [0.1, 0.15) is 58.2 Å². The molecular formula is C33H39F4N5O3. The van der Waals surface area contributed by atoms with Crippen LogP contribution in [0.5, 0.6) is 0 Å². The van der Waals surface area contributed by atoms with Gasteiger partial charge in [-0.05, 0) is 69.0 Å². The quantitative estimate of drug-likeness (QED) is 0.275. The summed E-state index contributed by atoms with van der Waals surface area (Å²) in [5, 5.41) is 6.23. The van der Waals surface area contributed by atoms with Gasteiger partial charge in [-0.1, -0.05) is 6.92 Å². The molecule has 0 aliphatic carbocycles. The van der Waals surface area contributed by atoms with E-state index in [9.17, 15) is 9.18 Å². The summed E-state index contributed by atoms with van der Waals surface area (Å²) < 4.78 is 71.4. The molecule has 242 valence electrons. The number of alkyl carbamates (subject to hydrolysis) is 1. The molecule has 1 amide bonds. The van der Waals surface area contributed by atoms with E-state index in [1.165, 1.54) is 6.07 Å². The van der Waals surface area contributed by atoms with Gasteiger partial charge in [0.05, 0.1) is 35.4 Å². The van der Waals surface area contributed by atoms with Gasteiger partial charge in [0.25, 0.3) is 0 Å². The molecule has 1 aromatic carbocycles. The highest BCUT2D eigenvalue weighted by Gasteiger charge is 2.36. The lowest BCUT2D eigenvalue weighted by atomic mass is 9.87. The maximum atomic E-state index is 15.4. The highest BCUT2D eigenvalue weighted by Crippen LogP contribution is 2.39. The fourth-order valence-corrected chi connectivity index (χ4v) is 5.91. The Bertz CT molecular complexity index is 1500. The molecule has 2 aliphatic heterocycles. The lowest BCUT2D eigenvalue weighted by Gasteiger charge is -2.39. The third-order valence-electron chi connectivity index (χ3n) is 7.96. The highest BCUT2D eigenvalue weighted by atomic mass is 19.1. The van der Waals surface area contributed by atoms with E-state index in [1.807, 2.05) is 26.8 Å². The number of ether oxygens (including phenoxy) is 2. The molecule has 2 atom stereocenters. The minimum absolute atomic E-state index is 0.0213. The third kappa shape index (κ3) is 7.84. The Labute approximate surface area is 260 Å². The van der Waals surface area contributed by atoms with Crippen LogP contribution in [-0.2, 0) is 21.7 Å². The highest BCUT2D eigenvalue weighted by molar-refractivity contribution is 5.71. The third-order valence-corrected chi connectivity index (χ3v) is 7.96. The maximum absolute atomic E-state index is 15.4. The summed E-state index contributed by atoms with van der Waals surface area (Å²) in [5.74, 6) is -2.81. The predicted octanol–water partition coefficient (Wildman–Crippen LogP) is 6.89. The van der Waals surface area contributed by atoms with Gasteiger partial charge in [-0.25, -0.2) is 27.3 Å². The number of benzene rings is 1. The number of carbonyl (C=O) groups excluding carboxylic acids is 1. The van der Waals surface area contributed by atoms with Gasteiger partial charge in [0.2, 0.25) is 0 Å². The van der Waals surface area contributed by atoms with E-state index in [0.29, 0.717) is 17.9 Å². The summed E-state index contributed by atoms with van der Waals surface area (Å²) >= 11 is 0. The van der Waals surface area contributed by atoms with Crippen LogP contribution >= 0.6 is 0 Å². The zero-order valence-corrected chi connectivity index (χ0v) is 25.9. The molecule has 2 fully saturated rings. The lowest BCUT2D eigenvalue weighted by molar-refractivity contribution is -0.0117. The molecule has 2 N–H and O–H groups in total. The Kier molecular flexibility index (Phi) is 9.52. The average molecular weight is 630 g/mol. The molecule has 0 saturated carbocycles. The van der Waals surface area contributed by atoms with E-state index < -0.39 is 46.1 Å². The summed E-state index contributed by atoms with van der Waals surface area (Å²) in [4.78, 5) is 23.0. The van der Waals surface area contributed by atoms with Crippen molar-refractivity contribution in [3.63, 3.8) is 0 Å². The van der Waals surface area contributed by atoms with Crippen LogP contribution in [0.3, 0.4) is 0 Å². The number of nitrogens with one attached hydrogen (secondary N) is 2. The van der Waals surface area contributed by atoms with E-state index in [4.69, 9.17) is 9.47 Å². The average Bonchev–Trinajstić information content (AvgIpc) is 2.96. The van der Waals surface area contributed by atoms with Crippen molar-refractivity contribution in [3.8, 4) is 11.3 Å². The minimum Gasteiger partial charge on any atom is -0.444 e. The Morgan fingerprint density at radius 1 is 1.09 bits per heavy atom. The Balaban J connectivity index is 1.32. The summed E-state index contributed by atoms with van der Waals surface area (Å²) in [5.41, 5.74) is -1.98. The van der Waals surface area contributed by atoms with Crippen LogP contribution in [0.2, 0.25) is 0 Å². The second-order valence-corrected chi connectivity index (χ2v) is 12.9. The molecule has 0 bridgehead atoms. The van der Waals surface area contributed by atoms with Crippen molar-refractivity contribution in [2.75, 3.05) is 36.5 Å². The van der Waals surface area contributed by atoms with Crippen LogP contribution in [-0.4, -0.2) is 54.0 Å². The first kappa shape index (κ1) is 32.5. The van der Waals surface area contributed by atoms with Gasteiger partial charge in [0, 0.05) is 51.4 Å². The molecule has 2 saturated heterocycles. The zero-order valence-electron chi connectivity index (χ0n) is 25.9. The van der Waals surface area contributed by atoms with E-state index >= 15 is 13.2 Å². The van der Waals surface area contributed by atoms with E-state index in [0.717, 1.165) is 36.9 Å². The molecule has 0 radical (unpaired) electrons. The summed E-state index contributed by atoms with van der Waals surface area (Å²) in [6, 6.07) is 6.08. The second-order valence-electron chi connectivity index (χ2n) is 12.9.